The smallest absolute Gasteiger partial charge is 0.252 e. The molecule has 7 heteroatoms. The lowest BCUT2D eigenvalue weighted by atomic mass is 10.2. The van der Waals surface area contributed by atoms with Crippen LogP contribution in [0.15, 0.2) is 39.3 Å². The maximum Gasteiger partial charge on any atom is 0.252 e. The van der Waals surface area contributed by atoms with E-state index >= 15 is 0 Å². The van der Waals surface area contributed by atoms with Gasteiger partial charge < -0.3 is 10.1 Å². The number of rotatable bonds is 2. The maximum absolute atomic E-state index is 11.3. The Kier molecular flexibility index (Phi) is 3.02. The average molecular weight is 283 g/mol. The van der Waals surface area contributed by atoms with Crippen LogP contribution in [0.1, 0.15) is 11.3 Å². The quantitative estimate of drug-likeness (QED) is 0.629. The molecule has 0 fully saturated rings. The lowest BCUT2D eigenvalue weighted by Crippen LogP contribution is -2.05. The highest BCUT2D eigenvalue weighted by Gasteiger charge is 2.10. The molecule has 0 bridgehead atoms. The van der Waals surface area contributed by atoms with Crippen LogP contribution < -0.4 is 5.56 Å². The van der Waals surface area contributed by atoms with E-state index in [1.807, 2.05) is 25.1 Å². The molecule has 3 rings (SSSR count). The number of hydrogen-bond donors (Lipinski definition) is 3. The van der Waals surface area contributed by atoms with Crippen LogP contribution in [-0.4, -0.2) is 20.1 Å². The van der Waals surface area contributed by atoms with Crippen LogP contribution in [0.2, 0.25) is 0 Å². The molecule has 3 N–H and O–H groups in total. The third kappa shape index (κ3) is 2.53. The van der Waals surface area contributed by atoms with Gasteiger partial charge in [0.25, 0.3) is 5.56 Å². The van der Waals surface area contributed by atoms with Crippen LogP contribution in [0.4, 0.5) is 11.6 Å². The van der Waals surface area contributed by atoms with Gasteiger partial charge in [-0.1, -0.05) is 11.6 Å². The van der Waals surface area contributed by atoms with Crippen molar-refractivity contribution >= 4 is 22.5 Å². The highest BCUT2D eigenvalue weighted by Crippen LogP contribution is 2.36. The van der Waals surface area contributed by atoms with Gasteiger partial charge in [0.2, 0.25) is 11.8 Å². The summed E-state index contributed by atoms with van der Waals surface area (Å²) >= 11 is 0. The van der Waals surface area contributed by atoms with Gasteiger partial charge in [0.1, 0.15) is 0 Å². The van der Waals surface area contributed by atoms with Gasteiger partial charge in [-0.15, -0.1) is 10.2 Å². The third-order valence-corrected chi connectivity index (χ3v) is 3.01. The fourth-order valence-corrected chi connectivity index (χ4v) is 2.09. The molecule has 0 unspecified atom stereocenters. The van der Waals surface area contributed by atoms with E-state index in [1.165, 1.54) is 6.07 Å². The maximum atomic E-state index is 11.3. The molecular formula is C14H13N5O2. The minimum absolute atomic E-state index is 0.0747. The minimum Gasteiger partial charge on any atom is -0.493 e. The first-order chi connectivity index (χ1) is 10.0. The van der Waals surface area contributed by atoms with Crippen molar-refractivity contribution in [1.29, 1.82) is 0 Å². The summed E-state index contributed by atoms with van der Waals surface area (Å²) in [5, 5.41) is 18.6. The molecule has 0 aliphatic carbocycles. The molecule has 0 aliphatic rings. The zero-order chi connectivity index (χ0) is 15.0. The van der Waals surface area contributed by atoms with E-state index in [-0.39, 0.29) is 17.4 Å². The second-order valence-electron chi connectivity index (χ2n) is 4.78. The molecule has 21 heavy (non-hydrogen) atoms. The van der Waals surface area contributed by atoms with E-state index in [0.29, 0.717) is 11.4 Å². The van der Waals surface area contributed by atoms with Crippen LogP contribution >= 0.6 is 0 Å². The van der Waals surface area contributed by atoms with Crippen LogP contribution in [0, 0.1) is 13.8 Å². The molecule has 0 amide bonds. The molecule has 2 aromatic heterocycles. The first-order valence-electron chi connectivity index (χ1n) is 6.34. The monoisotopic (exact) mass is 283 g/mol. The Bertz CT molecular complexity index is 907. The topological polar surface area (TPSA) is 106 Å². The molecule has 1 aromatic carbocycles. The van der Waals surface area contributed by atoms with Gasteiger partial charge in [-0.25, -0.2) is 4.98 Å². The Morgan fingerprint density at radius 3 is 2.71 bits per heavy atom. The summed E-state index contributed by atoms with van der Waals surface area (Å²) in [6, 6.07) is 7.05. The molecule has 0 spiro atoms. The zero-order valence-electron chi connectivity index (χ0n) is 11.5. The third-order valence-electron chi connectivity index (χ3n) is 3.01. The van der Waals surface area contributed by atoms with E-state index in [9.17, 15) is 9.90 Å². The van der Waals surface area contributed by atoms with Crippen molar-refractivity contribution in [3.63, 3.8) is 0 Å². The fourth-order valence-electron chi connectivity index (χ4n) is 2.09. The Morgan fingerprint density at radius 1 is 1.14 bits per heavy atom. The number of aryl methyl sites for hydroxylation is 2. The number of nitrogens with zero attached hydrogens (tertiary/aromatic N) is 3. The van der Waals surface area contributed by atoms with Gasteiger partial charge in [-0.05, 0) is 26.0 Å². The first kappa shape index (κ1) is 13.0. The van der Waals surface area contributed by atoms with Crippen LogP contribution in [0.25, 0.3) is 10.9 Å². The molecule has 7 nitrogen and oxygen atoms in total. The summed E-state index contributed by atoms with van der Waals surface area (Å²) in [4.78, 5) is 20.7. The van der Waals surface area contributed by atoms with E-state index in [2.05, 4.69) is 25.2 Å². The van der Waals surface area contributed by atoms with Crippen molar-refractivity contribution in [1.82, 2.24) is 15.0 Å². The molecular weight excluding hydrogens is 270 g/mol. The SMILES string of the molecule is Cc1ccc2[nH]c(O)c(N=Nc3nc(C)cc(=O)[nH]3)c2c1. The van der Waals surface area contributed by atoms with Gasteiger partial charge in [0.05, 0.1) is 5.52 Å². The number of aromatic amines is 2. The predicted octanol–water partition coefficient (Wildman–Crippen LogP) is 2.99. The van der Waals surface area contributed by atoms with Crippen LogP contribution in [-0.2, 0) is 0 Å². The molecule has 0 aliphatic heterocycles. The Balaban J connectivity index is 2.08. The van der Waals surface area contributed by atoms with Crippen molar-refractivity contribution in [3.8, 4) is 5.88 Å². The Morgan fingerprint density at radius 2 is 1.95 bits per heavy atom. The number of aromatic nitrogens is 3. The minimum atomic E-state index is -0.296. The summed E-state index contributed by atoms with van der Waals surface area (Å²) in [6.45, 7) is 3.64. The summed E-state index contributed by atoms with van der Waals surface area (Å²) in [7, 11) is 0. The number of azo groups is 1. The Hall–Kier alpha value is -2.96. The molecule has 0 radical (unpaired) electrons. The van der Waals surface area contributed by atoms with Gasteiger partial charge in [0, 0.05) is 17.1 Å². The number of benzene rings is 1. The normalized spacial score (nSPS) is 11.5. The van der Waals surface area contributed by atoms with Crippen molar-refractivity contribution in [2.45, 2.75) is 13.8 Å². The van der Waals surface area contributed by atoms with E-state index in [4.69, 9.17) is 0 Å². The van der Waals surface area contributed by atoms with Gasteiger partial charge in [-0.3, -0.25) is 9.78 Å². The molecule has 0 saturated carbocycles. The fraction of sp³-hybridized carbons (Fsp3) is 0.143. The second-order valence-corrected chi connectivity index (χ2v) is 4.78. The van der Waals surface area contributed by atoms with Crippen molar-refractivity contribution in [2.24, 2.45) is 10.2 Å². The van der Waals surface area contributed by atoms with Crippen LogP contribution in [0.5, 0.6) is 5.88 Å². The molecule has 3 aromatic rings. The summed E-state index contributed by atoms with van der Waals surface area (Å²) < 4.78 is 0. The zero-order valence-corrected chi connectivity index (χ0v) is 11.5. The van der Waals surface area contributed by atoms with Gasteiger partial charge in [0.15, 0.2) is 5.69 Å². The first-order valence-corrected chi connectivity index (χ1v) is 6.34. The standard InChI is InChI=1S/C14H13N5O2/c1-7-3-4-10-9(5-7)12(13(21)16-10)18-19-14-15-8(2)6-11(20)17-14/h3-6,16,21H,1-2H3,(H,15,17,20). The van der Waals surface area contributed by atoms with E-state index in [0.717, 1.165) is 16.5 Å². The number of hydrogen-bond acceptors (Lipinski definition) is 5. The number of H-pyrrole nitrogens is 2. The van der Waals surface area contributed by atoms with Gasteiger partial charge >= 0.3 is 0 Å². The van der Waals surface area contributed by atoms with Crippen molar-refractivity contribution < 1.29 is 5.11 Å². The largest absolute Gasteiger partial charge is 0.493 e. The number of aromatic hydroxyl groups is 1. The van der Waals surface area contributed by atoms with Gasteiger partial charge in [-0.2, -0.15) is 0 Å². The van der Waals surface area contributed by atoms with Crippen molar-refractivity contribution in [3.05, 3.63) is 45.9 Å². The van der Waals surface area contributed by atoms with Crippen molar-refractivity contribution in [2.75, 3.05) is 0 Å². The highest BCUT2D eigenvalue weighted by atomic mass is 16.3. The Labute approximate surface area is 119 Å². The molecule has 0 atom stereocenters. The molecule has 106 valence electrons. The predicted molar refractivity (Wildman–Crippen MR) is 78.5 cm³/mol. The summed E-state index contributed by atoms with van der Waals surface area (Å²) in [6.07, 6.45) is 0. The van der Waals surface area contributed by atoms with E-state index < -0.39 is 0 Å². The van der Waals surface area contributed by atoms with E-state index in [1.54, 1.807) is 6.92 Å². The average Bonchev–Trinajstić information content (AvgIpc) is 2.70. The lowest BCUT2D eigenvalue weighted by Gasteiger charge is -1.95. The second kappa shape index (κ2) is 4.86. The summed E-state index contributed by atoms with van der Waals surface area (Å²) in [5.74, 6) is 0.0238. The highest BCUT2D eigenvalue weighted by molar-refractivity contribution is 5.94. The number of fused-ring (bicyclic) bond motifs is 1. The lowest BCUT2D eigenvalue weighted by molar-refractivity contribution is 0.459. The number of nitrogens with one attached hydrogen (secondary N) is 2. The summed E-state index contributed by atoms with van der Waals surface area (Å²) in [5.41, 5.74) is 2.37. The van der Waals surface area contributed by atoms with Crippen LogP contribution in [0.3, 0.4) is 0 Å². The molecule has 2 heterocycles. The molecule has 0 saturated heterocycles.